The number of carbonyl (C=O) groups is 1. The van der Waals surface area contributed by atoms with Crippen molar-refractivity contribution in [1.29, 1.82) is 0 Å². The molecule has 0 spiro atoms. The number of carbonyl (C=O) groups excluding carboxylic acids is 1. The van der Waals surface area contributed by atoms with Crippen molar-refractivity contribution in [3.8, 4) is 11.5 Å². The van der Waals surface area contributed by atoms with Gasteiger partial charge in [0.15, 0.2) is 0 Å². The van der Waals surface area contributed by atoms with E-state index in [1.54, 1.807) is 0 Å². The Balaban J connectivity index is 1.32. The van der Waals surface area contributed by atoms with Gasteiger partial charge in [0.25, 0.3) is 0 Å². The van der Waals surface area contributed by atoms with Gasteiger partial charge in [0, 0.05) is 36.1 Å². The highest BCUT2D eigenvalue weighted by Gasteiger charge is 2.52. The summed E-state index contributed by atoms with van der Waals surface area (Å²) >= 11 is 0. The van der Waals surface area contributed by atoms with Crippen molar-refractivity contribution >= 4 is 5.91 Å². The minimum Gasteiger partial charge on any atom is -0.494 e. The van der Waals surface area contributed by atoms with Crippen molar-refractivity contribution < 1.29 is 14.3 Å². The Kier molecular flexibility index (Phi) is 4.53. The highest BCUT2D eigenvalue weighted by atomic mass is 16.5. The molecule has 3 fully saturated rings. The lowest BCUT2D eigenvalue weighted by Crippen LogP contribution is -2.48. The summed E-state index contributed by atoms with van der Waals surface area (Å²) in [6.45, 7) is 6.63. The first-order chi connectivity index (χ1) is 13.6. The number of hydrogen-bond acceptors (Lipinski definition) is 4. The first-order valence-corrected chi connectivity index (χ1v) is 11.1. The molecule has 5 heteroatoms. The van der Waals surface area contributed by atoms with Gasteiger partial charge >= 0.3 is 0 Å². The predicted molar refractivity (Wildman–Crippen MR) is 108 cm³/mol. The van der Waals surface area contributed by atoms with Crippen molar-refractivity contribution in [2.45, 2.75) is 70.4 Å². The van der Waals surface area contributed by atoms with Gasteiger partial charge in [0.1, 0.15) is 17.6 Å². The van der Waals surface area contributed by atoms with E-state index in [4.69, 9.17) is 9.47 Å². The number of rotatable bonds is 5. The quantitative estimate of drug-likeness (QED) is 0.819. The molecule has 5 atom stereocenters. The molecule has 2 aliphatic heterocycles. The summed E-state index contributed by atoms with van der Waals surface area (Å²) in [5.74, 6) is 3.08. The molecule has 5 rings (SSSR count). The first-order valence-electron chi connectivity index (χ1n) is 11.1. The molecule has 4 aliphatic rings. The van der Waals surface area contributed by atoms with Crippen LogP contribution in [-0.2, 0) is 11.2 Å². The molecule has 0 bridgehead atoms. The van der Waals surface area contributed by atoms with Crippen molar-refractivity contribution in [2.24, 2.45) is 11.3 Å². The fraction of sp³-hybridized carbons (Fsp3) is 0.696. The summed E-state index contributed by atoms with van der Waals surface area (Å²) in [4.78, 5) is 13.3. The Morgan fingerprint density at radius 1 is 1.39 bits per heavy atom. The van der Waals surface area contributed by atoms with Crippen LogP contribution < -0.4 is 20.1 Å². The average molecular weight is 385 g/mol. The molecule has 1 saturated heterocycles. The Labute approximate surface area is 167 Å². The van der Waals surface area contributed by atoms with E-state index in [0.29, 0.717) is 18.4 Å². The molecule has 1 aromatic rings. The minimum atomic E-state index is -0.176. The van der Waals surface area contributed by atoms with E-state index in [1.165, 1.54) is 30.4 Å². The van der Waals surface area contributed by atoms with E-state index in [-0.39, 0.29) is 23.5 Å². The van der Waals surface area contributed by atoms with Gasteiger partial charge in [-0.05, 0) is 57.7 Å². The smallest absolute Gasteiger partial charge is 0.228 e. The number of amides is 1. The number of fused-ring (bicyclic) bond motifs is 2. The lowest BCUT2D eigenvalue weighted by molar-refractivity contribution is -0.134. The molecule has 5 nitrogen and oxygen atoms in total. The summed E-state index contributed by atoms with van der Waals surface area (Å²) in [6.07, 6.45) is 6.82. The van der Waals surface area contributed by atoms with E-state index < -0.39 is 0 Å². The van der Waals surface area contributed by atoms with Gasteiger partial charge in [-0.3, -0.25) is 4.79 Å². The zero-order valence-corrected chi connectivity index (χ0v) is 17.1. The van der Waals surface area contributed by atoms with Crippen molar-refractivity contribution in [3.63, 3.8) is 0 Å². The van der Waals surface area contributed by atoms with Crippen LogP contribution in [0.3, 0.4) is 0 Å². The molecule has 1 aromatic carbocycles. The van der Waals surface area contributed by atoms with Gasteiger partial charge in [-0.15, -0.1) is 0 Å². The molecule has 2 heterocycles. The molecule has 2 saturated carbocycles. The van der Waals surface area contributed by atoms with E-state index in [1.807, 2.05) is 6.92 Å². The Hall–Kier alpha value is -1.75. The maximum absolute atomic E-state index is 13.3. The van der Waals surface area contributed by atoms with E-state index in [9.17, 15) is 4.79 Å². The van der Waals surface area contributed by atoms with E-state index >= 15 is 0 Å². The summed E-state index contributed by atoms with van der Waals surface area (Å²) in [5, 5.41) is 6.89. The molecular formula is C23H32N2O3. The second kappa shape index (κ2) is 6.94. The largest absolute Gasteiger partial charge is 0.494 e. The van der Waals surface area contributed by atoms with E-state index in [0.717, 1.165) is 43.9 Å². The van der Waals surface area contributed by atoms with Crippen LogP contribution in [0.5, 0.6) is 11.5 Å². The lowest BCUT2D eigenvalue weighted by Gasteiger charge is -2.37. The third kappa shape index (κ3) is 2.99. The van der Waals surface area contributed by atoms with Crippen LogP contribution in [0.1, 0.15) is 63.0 Å². The third-order valence-electron chi connectivity index (χ3n) is 7.33. The van der Waals surface area contributed by atoms with Crippen molar-refractivity contribution in [2.75, 3.05) is 19.7 Å². The average Bonchev–Trinajstić information content (AvgIpc) is 3.12. The molecule has 0 radical (unpaired) electrons. The van der Waals surface area contributed by atoms with Gasteiger partial charge < -0.3 is 20.1 Å². The lowest BCUT2D eigenvalue weighted by atomic mass is 9.67. The van der Waals surface area contributed by atoms with Crippen LogP contribution in [0.25, 0.3) is 0 Å². The fourth-order valence-corrected chi connectivity index (χ4v) is 5.73. The van der Waals surface area contributed by atoms with Gasteiger partial charge in [0.2, 0.25) is 5.91 Å². The van der Waals surface area contributed by atoms with Crippen molar-refractivity contribution in [1.82, 2.24) is 10.6 Å². The standard InChI is InChI=1S/C23H32N2O3/c1-3-27-21-9-15-8-14(2)28-20(15)11-18(21)17-10-19(17)25-22(26)23-7-5-4-6-16(23)12-24-13-23/h9,11,14,16-17,19,24H,3-8,10,12-13H2,1-2H3,(H,25,26)/t14?,16-,17?,19?,23+/m0/s1. The summed E-state index contributed by atoms with van der Waals surface area (Å²) in [6, 6.07) is 4.55. The molecule has 2 aliphatic carbocycles. The second-order valence-electron chi connectivity index (χ2n) is 9.22. The molecule has 1 amide bonds. The van der Waals surface area contributed by atoms with Crippen LogP contribution in [0.15, 0.2) is 12.1 Å². The number of hydrogen-bond donors (Lipinski definition) is 2. The number of benzene rings is 1. The van der Waals surface area contributed by atoms with Crippen molar-refractivity contribution in [3.05, 3.63) is 23.3 Å². The van der Waals surface area contributed by atoms with Crippen LogP contribution in [-0.4, -0.2) is 37.7 Å². The van der Waals surface area contributed by atoms with Gasteiger partial charge in [-0.2, -0.15) is 0 Å². The van der Waals surface area contributed by atoms with E-state index in [2.05, 4.69) is 29.7 Å². The second-order valence-corrected chi connectivity index (χ2v) is 9.22. The van der Waals surface area contributed by atoms with Gasteiger partial charge in [0.05, 0.1) is 12.0 Å². The molecule has 3 unspecified atom stereocenters. The normalized spacial score (nSPS) is 35.6. The maximum Gasteiger partial charge on any atom is 0.228 e. The van der Waals surface area contributed by atoms with Crippen LogP contribution >= 0.6 is 0 Å². The Morgan fingerprint density at radius 3 is 3.14 bits per heavy atom. The molecule has 2 N–H and O–H groups in total. The monoisotopic (exact) mass is 384 g/mol. The van der Waals surface area contributed by atoms with Gasteiger partial charge in [-0.1, -0.05) is 12.8 Å². The zero-order chi connectivity index (χ0) is 19.3. The maximum atomic E-state index is 13.3. The minimum absolute atomic E-state index is 0.176. The summed E-state index contributed by atoms with van der Waals surface area (Å²) in [7, 11) is 0. The topological polar surface area (TPSA) is 59.6 Å². The zero-order valence-electron chi connectivity index (χ0n) is 17.1. The SMILES string of the molecule is CCOc1cc2c(cc1C1CC1NC(=O)[C@@]13CCCC[C@H]1CNC3)OC(C)C2. The summed E-state index contributed by atoms with van der Waals surface area (Å²) in [5.41, 5.74) is 2.26. The molecule has 28 heavy (non-hydrogen) atoms. The molecule has 152 valence electrons. The first kappa shape index (κ1) is 18.3. The highest BCUT2D eigenvalue weighted by molar-refractivity contribution is 5.84. The third-order valence-corrected chi connectivity index (χ3v) is 7.33. The molecular weight excluding hydrogens is 352 g/mol. The van der Waals surface area contributed by atoms with Gasteiger partial charge in [-0.25, -0.2) is 0 Å². The highest BCUT2D eigenvalue weighted by Crippen LogP contribution is 2.50. The fourth-order valence-electron chi connectivity index (χ4n) is 5.73. The number of nitrogens with one attached hydrogen (secondary N) is 2. The summed E-state index contributed by atoms with van der Waals surface area (Å²) < 4.78 is 11.9. The molecule has 0 aromatic heterocycles. The predicted octanol–water partition coefficient (Wildman–Crippen LogP) is 3.16. The Bertz CT molecular complexity index is 779. The Morgan fingerprint density at radius 2 is 2.29 bits per heavy atom. The van der Waals surface area contributed by atoms with Crippen LogP contribution in [0.4, 0.5) is 0 Å². The number of ether oxygens (including phenoxy) is 2. The van der Waals surface area contributed by atoms with Crippen LogP contribution in [0, 0.1) is 11.3 Å². The van der Waals surface area contributed by atoms with Crippen LogP contribution in [0.2, 0.25) is 0 Å².